The van der Waals surface area contributed by atoms with Gasteiger partial charge < -0.3 is 10.1 Å². The molecule has 90 valence electrons. The molecule has 0 saturated carbocycles. The Hall–Kier alpha value is -1.13. The number of rotatable bonds is 3. The van der Waals surface area contributed by atoms with Crippen LogP contribution in [0.2, 0.25) is 5.02 Å². The Morgan fingerprint density at radius 2 is 2.24 bits per heavy atom. The van der Waals surface area contributed by atoms with Crippen LogP contribution in [0.1, 0.15) is 31.2 Å². The van der Waals surface area contributed by atoms with Crippen LogP contribution in [0.3, 0.4) is 0 Å². The van der Waals surface area contributed by atoms with Gasteiger partial charge in [0.25, 0.3) is 0 Å². The second-order valence-electron chi connectivity index (χ2n) is 4.32. The van der Waals surface area contributed by atoms with E-state index in [2.05, 4.69) is 18.8 Å². The third-order valence-corrected chi connectivity index (χ3v) is 2.97. The molecule has 0 aliphatic carbocycles. The molecule has 2 rings (SSSR count). The largest absolute Gasteiger partial charge is 0.393 e. The summed E-state index contributed by atoms with van der Waals surface area (Å²) in [4.78, 5) is 5.06. The van der Waals surface area contributed by atoms with Crippen molar-refractivity contribution in [3.05, 3.63) is 34.7 Å². The highest BCUT2D eigenvalue weighted by Crippen LogP contribution is 2.22. The van der Waals surface area contributed by atoms with E-state index in [0.717, 1.165) is 17.0 Å². The molecule has 0 saturated heterocycles. The standard InChI is InChI=1S/C12H14ClN3S/c1-7(2)12-9(5-10(14)17)16-6-8(13)3-4-11(16)15-12/h3-4,6-7H,5H2,1-2H3,(H2,14,17). The van der Waals surface area contributed by atoms with Gasteiger partial charge in [-0.25, -0.2) is 4.98 Å². The fraction of sp³-hybridized carbons (Fsp3) is 0.333. The summed E-state index contributed by atoms with van der Waals surface area (Å²) in [5.74, 6) is 0.332. The Labute approximate surface area is 111 Å². The lowest BCUT2D eigenvalue weighted by atomic mass is 10.1. The summed E-state index contributed by atoms with van der Waals surface area (Å²) >= 11 is 11.0. The molecule has 0 unspecified atom stereocenters. The van der Waals surface area contributed by atoms with Gasteiger partial charge in [-0.3, -0.25) is 0 Å². The predicted octanol–water partition coefficient (Wildman–Crippen LogP) is 2.94. The first-order valence-corrected chi connectivity index (χ1v) is 6.22. The second kappa shape index (κ2) is 4.63. The zero-order chi connectivity index (χ0) is 12.6. The number of thiocarbonyl (C=S) groups is 1. The summed E-state index contributed by atoms with van der Waals surface area (Å²) in [5, 5.41) is 0.675. The number of nitrogens with two attached hydrogens (primary N) is 1. The Morgan fingerprint density at radius 1 is 1.53 bits per heavy atom. The highest BCUT2D eigenvalue weighted by molar-refractivity contribution is 7.80. The van der Waals surface area contributed by atoms with Gasteiger partial charge in [0.1, 0.15) is 5.65 Å². The quantitative estimate of drug-likeness (QED) is 0.870. The third-order valence-electron chi connectivity index (χ3n) is 2.60. The third kappa shape index (κ3) is 2.42. The Kier molecular flexibility index (Phi) is 3.35. The highest BCUT2D eigenvalue weighted by atomic mass is 35.5. The molecule has 2 N–H and O–H groups in total. The van der Waals surface area contributed by atoms with E-state index in [-0.39, 0.29) is 0 Å². The van der Waals surface area contributed by atoms with E-state index in [0.29, 0.717) is 22.3 Å². The molecule has 0 atom stereocenters. The molecule has 0 aliphatic rings. The Balaban J connectivity index is 2.68. The van der Waals surface area contributed by atoms with Crippen LogP contribution >= 0.6 is 23.8 Å². The lowest BCUT2D eigenvalue weighted by Crippen LogP contribution is -2.14. The van der Waals surface area contributed by atoms with Crippen molar-refractivity contribution in [1.29, 1.82) is 0 Å². The maximum atomic E-state index is 6.00. The van der Waals surface area contributed by atoms with Crippen LogP contribution in [0.25, 0.3) is 5.65 Å². The number of aromatic nitrogens is 2. The Morgan fingerprint density at radius 3 is 2.82 bits per heavy atom. The van der Waals surface area contributed by atoms with Crippen molar-refractivity contribution in [2.24, 2.45) is 5.73 Å². The number of hydrogen-bond donors (Lipinski definition) is 1. The first kappa shape index (κ1) is 12.3. The average molecular weight is 268 g/mol. The summed E-state index contributed by atoms with van der Waals surface area (Å²) in [5.41, 5.74) is 8.58. The van der Waals surface area contributed by atoms with Crippen LogP contribution in [-0.4, -0.2) is 14.4 Å². The summed E-state index contributed by atoms with van der Waals surface area (Å²) in [6.45, 7) is 4.21. The first-order chi connectivity index (χ1) is 7.99. The molecule has 0 radical (unpaired) electrons. The van der Waals surface area contributed by atoms with Crippen molar-refractivity contribution in [2.45, 2.75) is 26.2 Å². The zero-order valence-corrected chi connectivity index (χ0v) is 11.3. The molecule has 0 fully saturated rings. The van der Waals surface area contributed by atoms with E-state index in [1.807, 2.05) is 22.7 Å². The number of pyridine rings is 1. The molecular weight excluding hydrogens is 254 g/mol. The van der Waals surface area contributed by atoms with Crippen LogP contribution in [0, 0.1) is 0 Å². The summed E-state index contributed by atoms with van der Waals surface area (Å²) < 4.78 is 1.97. The normalized spacial score (nSPS) is 11.3. The molecule has 2 aromatic heterocycles. The summed E-state index contributed by atoms with van der Waals surface area (Å²) in [6, 6.07) is 3.73. The monoisotopic (exact) mass is 267 g/mol. The van der Waals surface area contributed by atoms with E-state index in [1.165, 1.54) is 0 Å². The van der Waals surface area contributed by atoms with Crippen LogP contribution in [0.15, 0.2) is 18.3 Å². The van der Waals surface area contributed by atoms with Gasteiger partial charge in [0, 0.05) is 12.6 Å². The van der Waals surface area contributed by atoms with Crippen LogP contribution in [0.5, 0.6) is 0 Å². The van der Waals surface area contributed by atoms with Gasteiger partial charge in [0.15, 0.2) is 0 Å². The molecule has 2 heterocycles. The second-order valence-corrected chi connectivity index (χ2v) is 5.28. The first-order valence-electron chi connectivity index (χ1n) is 5.43. The molecule has 2 aromatic rings. The number of nitrogens with zero attached hydrogens (tertiary/aromatic N) is 2. The highest BCUT2D eigenvalue weighted by Gasteiger charge is 2.15. The van der Waals surface area contributed by atoms with Crippen molar-refractivity contribution in [1.82, 2.24) is 9.38 Å². The number of hydrogen-bond acceptors (Lipinski definition) is 2. The van der Waals surface area contributed by atoms with Crippen LogP contribution in [0.4, 0.5) is 0 Å². The fourth-order valence-electron chi connectivity index (χ4n) is 1.89. The van der Waals surface area contributed by atoms with E-state index in [4.69, 9.17) is 29.6 Å². The molecule has 0 aromatic carbocycles. The van der Waals surface area contributed by atoms with Gasteiger partial charge >= 0.3 is 0 Å². The van der Waals surface area contributed by atoms with E-state index >= 15 is 0 Å². The lowest BCUT2D eigenvalue weighted by Gasteiger charge is -2.06. The fourth-order valence-corrected chi connectivity index (χ4v) is 2.19. The molecule has 0 amide bonds. The Bertz CT molecular complexity index is 574. The van der Waals surface area contributed by atoms with E-state index < -0.39 is 0 Å². The van der Waals surface area contributed by atoms with Gasteiger partial charge in [0.2, 0.25) is 0 Å². The minimum absolute atomic E-state index is 0.332. The van der Waals surface area contributed by atoms with Crippen molar-refractivity contribution >= 4 is 34.5 Å². The maximum absolute atomic E-state index is 6.00. The SMILES string of the molecule is CC(C)c1nc2ccc(Cl)cn2c1CC(N)=S. The minimum atomic E-state index is 0.332. The van der Waals surface area contributed by atoms with Gasteiger partial charge in [-0.15, -0.1) is 0 Å². The molecule has 17 heavy (non-hydrogen) atoms. The number of imidazole rings is 1. The molecule has 3 nitrogen and oxygen atoms in total. The number of halogens is 1. The van der Waals surface area contributed by atoms with Crippen molar-refractivity contribution in [2.75, 3.05) is 0 Å². The lowest BCUT2D eigenvalue weighted by molar-refractivity contribution is 0.816. The minimum Gasteiger partial charge on any atom is -0.393 e. The molecular formula is C12H14ClN3S. The smallest absolute Gasteiger partial charge is 0.137 e. The zero-order valence-electron chi connectivity index (χ0n) is 9.77. The van der Waals surface area contributed by atoms with Crippen LogP contribution in [-0.2, 0) is 6.42 Å². The van der Waals surface area contributed by atoms with Crippen molar-refractivity contribution in [3.8, 4) is 0 Å². The van der Waals surface area contributed by atoms with Gasteiger partial charge in [-0.1, -0.05) is 37.7 Å². The van der Waals surface area contributed by atoms with Gasteiger partial charge in [-0.05, 0) is 18.1 Å². The summed E-state index contributed by atoms with van der Waals surface area (Å²) in [7, 11) is 0. The van der Waals surface area contributed by atoms with Gasteiger partial charge in [-0.2, -0.15) is 0 Å². The van der Waals surface area contributed by atoms with Crippen LogP contribution < -0.4 is 5.73 Å². The average Bonchev–Trinajstić information content (AvgIpc) is 2.56. The summed E-state index contributed by atoms with van der Waals surface area (Å²) in [6.07, 6.45) is 2.40. The van der Waals surface area contributed by atoms with Crippen molar-refractivity contribution in [3.63, 3.8) is 0 Å². The molecule has 5 heteroatoms. The van der Waals surface area contributed by atoms with Crippen molar-refractivity contribution < 1.29 is 0 Å². The molecule has 0 spiro atoms. The molecule has 0 bridgehead atoms. The number of fused-ring (bicyclic) bond motifs is 1. The maximum Gasteiger partial charge on any atom is 0.137 e. The predicted molar refractivity (Wildman–Crippen MR) is 74.8 cm³/mol. The van der Waals surface area contributed by atoms with Gasteiger partial charge in [0.05, 0.1) is 21.4 Å². The molecule has 0 aliphatic heterocycles. The van der Waals surface area contributed by atoms with E-state index in [1.54, 1.807) is 0 Å². The topological polar surface area (TPSA) is 43.3 Å². The van der Waals surface area contributed by atoms with E-state index in [9.17, 15) is 0 Å².